The van der Waals surface area contributed by atoms with Crippen molar-refractivity contribution in [2.75, 3.05) is 13.1 Å². The van der Waals surface area contributed by atoms with Gasteiger partial charge in [-0.1, -0.05) is 0 Å². The molecule has 1 heterocycles. The van der Waals surface area contributed by atoms with Gasteiger partial charge >= 0.3 is 5.97 Å². The lowest BCUT2D eigenvalue weighted by Gasteiger charge is -2.37. The Balaban J connectivity index is 1.85. The minimum absolute atomic E-state index is 0.0148. The van der Waals surface area contributed by atoms with E-state index in [1.165, 1.54) is 4.31 Å². The fourth-order valence-electron chi connectivity index (χ4n) is 1.68. The monoisotopic (exact) mass is 219 g/mol. The summed E-state index contributed by atoms with van der Waals surface area (Å²) >= 11 is 0. The van der Waals surface area contributed by atoms with E-state index in [1.54, 1.807) is 0 Å². The third-order valence-electron chi connectivity index (χ3n) is 2.69. The van der Waals surface area contributed by atoms with Gasteiger partial charge < -0.3 is 5.11 Å². The first-order valence-electron chi connectivity index (χ1n) is 4.71. The molecule has 0 unspecified atom stereocenters. The lowest BCUT2D eigenvalue weighted by Crippen LogP contribution is -2.51. The van der Waals surface area contributed by atoms with Crippen LogP contribution >= 0.6 is 0 Å². The molecular formula is C8H13NO4S. The number of nitrogens with zero attached hydrogens (tertiary/aromatic N) is 1. The van der Waals surface area contributed by atoms with Gasteiger partial charge in [0.05, 0.1) is 11.7 Å². The standard InChI is InChI=1S/C8H13NO4S/c10-8(11)3-6-4-9(5-6)14(12,13)7-1-2-7/h6-7H,1-5H2,(H,10,11). The largest absolute Gasteiger partial charge is 0.481 e. The highest BCUT2D eigenvalue weighted by atomic mass is 32.2. The fourth-order valence-corrected chi connectivity index (χ4v) is 3.67. The minimum atomic E-state index is -3.06. The van der Waals surface area contributed by atoms with Crippen LogP contribution in [0.15, 0.2) is 0 Å². The third kappa shape index (κ3) is 1.76. The van der Waals surface area contributed by atoms with Crippen LogP contribution in [0, 0.1) is 5.92 Å². The van der Waals surface area contributed by atoms with Crippen LogP contribution in [0.3, 0.4) is 0 Å². The van der Waals surface area contributed by atoms with Crippen molar-refractivity contribution in [3.05, 3.63) is 0 Å². The van der Waals surface area contributed by atoms with Crippen molar-refractivity contribution < 1.29 is 18.3 Å². The normalized spacial score (nSPS) is 24.6. The predicted molar refractivity (Wildman–Crippen MR) is 49.3 cm³/mol. The van der Waals surface area contributed by atoms with Gasteiger partial charge in [-0.2, -0.15) is 0 Å². The maximum absolute atomic E-state index is 11.6. The van der Waals surface area contributed by atoms with E-state index < -0.39 is 16.0 Å². The number of sulfonamides is 1. The average molecular weight is 219 g/mol. The van der Waals surface area contributed by atoms with Gasteiger partial charge in [-0.15, -0.1) is 0 Å². The Bertz CT molecular complexity index is 340. The number of hydrogen-bond acceptors (Lipinski definition) is 3. The summed E-state index contributed by atoms with van der Waals surface area (Å²) in [4.78, 5) is 10.3. The molecule has 5 nitrogen and oxygen atoms in total. The van der Waals surface area contributed by atoms with Gasteiger partial charge in [0.2, 0.25) is 10.0 Å². The first-order valence-corrected chi connectivity index (χ1v) is 6.21. The van der Waals surface area contributed by atoms with Crippen molar-refractivity contribution in [3.63, 3.8) is 0 Å². The first kappa shape index (κ1) is 9.92. The van der Waals surface area contributed by atoms with E-state index >= 15 is 0 Å². The van der Waals surface area contributed by atoms with Crippen LogP contribution in [0.2, 0.25) is 0 Å². The quantitative estimate of drug-likeness (QED) is 0.715. The van der Waals surface area contributed by atoms with E-state index in [1.807, 2.05) is 0 Å². The van der Waals surface area contributed by atoms with Crippen LogP contribution in [0.4, 0.5) is 0 Å². The smallest absolute Gasteiger partial charge is 0.303 e. The number of aliphatic carboxylic acids is 1. The Hall–Kier alpha value is -0.620. The Morgan fingerprint density at radius 1 is 1.36 bits per heavy atom. The number of carboxylic acid groups (broad SMARTS) is 1. The molecule has 0 aromatic rings. The SMILES string of the molecule is O=C(O)CC1CN(S(=O)(=O)C2CC2)C1. The lowest BCUT2D eigenvalue weighted by atomic mass is 10.00. The van der Waals surface area contributed by atoms with Crippen LogP contribution in [0.25, 0.3) is 0 Å². The molecule has 0 aromatic carbocycles. The first-order chi connectivity index (χ1) is 6.50. The molecule has 2 fully saturated rings. The summed E-state index contributed by atoms with van der Waals surface area (Å²) in [5.41, 5.74) is 0. The molecule has 14 heavy (non-hydrogen) atoms. The van der Waals surface area contributed by atoms with E-state index in [4.69, 9.17) is 5.11 Å². The molecular weight excluding hydrogens is 206 g/mol. The van der Waals surface area contributed by atoms with Gasteiger partial charge in [-0.05, 0) is 18.8 Å². The molecule has 1 saturated heterocycles. The molecule has 2 aliphatic rings. The van der Waals surface area contributed by atoms with Crippen molar-refractivity contribution in [3.8, 4) is 0 Å². The summed E-state index contributed by atoms with van der Waals surface area (Å²) < 4.78 is 24.6. The highest BCUT2D eigenvalue weighted by Crippen LogP contribution is 2.34. The lowest BCUT2D eigenvalue weighted by molar-refractivity contribution is -0.139. The molecule has 0 bridgehead atoms. The molecule has 6 heteroatoms. The van der Waals surface area contributed by atoms with Crippen molar-refractivity contribution in [2.45, 2.75) is 24.5 Å². The number of hydrogen-bond donors (Lipinski definition) is 1. The molecule has 1 aliphatic heterocycles. The van der Waals surface area contributed by atoms with Gasteiger partial charge in [0.1, 0.15) is 0 Å². The molecule has 0 amide bonds. The second kappa shape index (κ2) is 3.20. The van der Waals surface area contributed by atoms with E-state index in [-0.39, 0.29) is 17.6 Å². The van der Waals surface area contributed by atoms with Crippen LogP contribution in [0.1, 0.15) is 19.3 Å². The topological polar surface area (TPSA) is 74.7 Å². The Morgan fingerprint density at radius 3 is 2.36 bits per heavy atom. The summed E-state index contributed by atoms with van der Waals surface area (Å²) in [7, 11) is -3.06. The van der Waals surface area contributed by atoms with Crippen molar-refractivity contribution >= 4 is 16.0 Å². The van der Waals surface area contributed by atoms with E-state index in [2.05, 4.69) is 0 Å². The summed E-state index contributed by atoms with van der Waals surface area (Å²) in [6.07, 6.45) is 1.61. The summed E-state index contributed by atoms with van der Waals surface area (Å²) in [5.74, 6) is -0.834. The van der Waals surface area contributed by atoms with Crippen molar-refractivity contribution in [1.29, 1.82) is 0 Å². The molecule has 1 saturated carbocycles. The molecule has 0 spiro atoms. The van der Waals surface area contributed by atoms with Crippen molar-refractivity contribution in [1.82, 2.24) is 4.31 Å². The Morgan fingerprint density at radius 2 is 1.93 bits per heavy atom. The zero-order chi connectivity index (χ0) is 10.3. The maximum Gasteiger partial charge on any atom is 0.303 e. The van der Waals surface area contributed by atoms with E-state index in [0.717, 1.165) is 12.8 Å². The van der Waals surface area contributed by atoms with Crippen LogP contribution in [0.5, 0.6) is 0 Å². The number of rotatable bonds is 4. The van der Waals surface area contributed by atoms with Gasteiger partial charge in [0.15, 0.2) is 0 Å². The second-order valence-electron chi connectivity index (χ2n) is 4.03. The van der Waals surface area contributed by atoms with Gasteiger partial charge in [0.25, 0.3) is 0 Å². The van der Waals surface area contributed by atoms with Gasteiger partial charge in [-0.3, -0.25) is 4.79 Å². The van der Waals surface area contributed by atoms with Crippen molar-refractivity contribution in [2.24, 2.45) is 5.92 Å². The molecule has 2 rings (SSSR count). The van der Waals surface area contributed by atoms with Crippen LogP contribution < -0.4 is 0 Å². The second-order valence-corrected chi connectivity index (χ2v) is 6.24. The Kier molecular flexibility index (Phi) is 2.27. The molecule has 80 valence electrons. The summed E-state index contributed by atoms with van der Waals surface area (Å²) in [6, 6.07) is 0. The average Bonchev–Trinajstić information content (AvgIpc) is 2.75. The summed E-state index contributed by atoms with van der Waals surface area (Å²) in [6.45, 7) is 0.788. The zero-order valence-corrected chi connectivity index (χ0v) is 8.53. The van der Waals surface area contributed by atoms with Gasteiger partial charge in [-0.25, -0.2) is 12.7 Å². The molecule has 0 radical (unpaired) electrons. The molecule has 1 aliphatic carbocycles. The summed E-state index contributed by atoms with van der Waals surface area (Å²) in [5, 5.41) is 8.32. The van der Waals surface area contributed by atoms with Gasteiger partial charge in [0, 0.05) is 13.1 Å². The molecule has 1 N–H and O–H groups in total. The molecule has 0 aromatic heterocycles. The number of carbonyl (C=O) groups is 1. The van der Waals surface area contributed by atoms with E-state index in [0.29, 0.717) is 13.1 Å². The van der Waals surface area contributed by atoms with E-state index in [9.17, 15) is 13.2 Å². The fraction of sp³-hybridized carbons (Fsp3) is 0.875. The van der Waals surface area contributed by atoms with Crippen LogP contribution in [-0.2, 0) is 14.8 Å². The highest BCUT2D eigenvalue weighted by Gasteiger charge is 2.45. The maximum atomic E-state index is 11.6. The predicted octanol–water partition coefficient (Wildman–Crippen LogP) is -0.115. The Labute approximate surface area is 82.8 Å². The highest BCUT2D eigenvalue weighted by molar-refractivity contribution is 7.90. The van der Waals surface area contributed by atoms with Crippen LogP contribution in [-0.4, -0.2) is 42.1 Å². The zero-order valence-electron chi connectivity index (χ0n) is 7.72. The number of carboxylic acids is 1. The molecule has 0 atom stereocenters. The third-order valence-corrected chi connectivity index (χ3v) is 5.02. The minimum Gasteiger partial charge on any atom is -0.481 e.